The lowest BCUT2D eigenvalue weighted by molar-refractivity contribution is 0.0462. The zero-order chi connectivity index (χ0) is 7.84. The minimum Gasteiger partial charge on any atom is -0.384 e. The molecule has 0 fully saturated rings. The molecule has 0 saturated carbocycles. The fourth-order valence-corrected chi connectivity index (χ4v) is 1.29. The van der Waals surface area contributed by atoms with Gasteiger partial charge in [-0.25, -0.2) is 0 Å². The first-order valence-corrected chi connectivity index (χ1v) is 3.50. The van der Waals surface area contributed by atoms with E-state index in [0.29, 0.717) is 0 Å². The van der Waals surface area contributed by atoms with Gasteiger partial charge in [0.15, 0.2) is 6.23 Å². The van der Waals surface area contributed by atoms with E-state index in [-0.39, 0.29) is 0 Å². The normalized spacial score (nSPS) is 27.8. The van der Waals surface area contributed by atoms with Crippen LogP contribution >= 0.6 is 0 Å². The Hall–Kier alpha value is -1.06. The van der Waals surface area contributed by atoms with Gasteiger partial charge in [0.2, 0.25) is 0 Å². The van der Waals surface area contributed by atoms with E-state index in [1.165, 1.54) is 0 Å². The van der Waals surface area contributed by atoms with Crippen molar-refractivity contribution in [3.63, 3.8) is 0 Å². The molecule has 0 saturated heterocycles. The van der Waals surface area contributed by atoms with E-state index in [2.05, 4.69) is 5.32 Å². The number of hydrogen-bond donors (Lipinski definition) is 3. The van der Waals surface area contributed by atoms with Gasteiger partial charge in [-0.2, -0.15) is 0 Å². The number of aliphatic hydroxyl groups excluding tert-OH is 2. The maximum absolute atomic E-state index is 9.34. The SMILES string of the molecule is O[C@@H]1c2ccccc2N[C@@H]1O. The van der Waals surface area contributed by atoms with Crippen molar-refractivity contribution in [2.45, 2.75) is 12.3 Å². The van der Waals surface area contributed by atoms with E-state index in [1.807, 2.05) is 18.2 Å². The Kier molecular flexibility index (Phi) is 1.34. The molecule has 0 bridgehead atoms. The lowest BCUT2D eigenvalue weighted by Crippen LogP contribution is -2.18. The molecule has 58 valence electrons. The van der Waals surface area contributed by atoms with Gasteiger partial charge in [-0.3, -0.25) is 0 Å². The van der Waals surface area contributed by atoms with Crippen LogP contribution in [0, 0.1) is 0 Å². The van der Waals surface area contributed by atoms with Gasteiger partial charge in [0.1, 0.15) is 6.10 Å². The average Bonchev–Trinajstić information content (AvgIpc) is 2.30. The molecule has 0 aromatic heterocycles. The molecule has 2 rings (SSSR count). The van der Waals surface area contributed by atoms with Crippen molar-refractivity contribution in [2.24, 2.45) is 0 Å². The first kappa shape index (κ1) is 6.64. The maximum atomic E-state index is 9.34. The highest BCUT2D eigenvalue weighted by Crippen LogP contribution is 2.32. The van der Waals surface area contributed by atoms with Crippen LogP contribution in [0.15, 0.2) is 24.3 Å². The van der Waals surface area contributed by atoms with E-state index in [9.17, 15) is 5.11 Å². The second-order valence-corrected chi connectivity index (χ2v) is 2.62. The van der Waals surface area contributed by atoms with Gasteiger partial charge < -0.3 is 15.5 Å². The molecule has 11 heavy (non-hydrogen) atoms. The van der Waals surface area contributed by atoms with Gasteiger partial charge in [0.25, 0.3) is 0 Å². The zero-order valence-electron chi connectivity index (χ0n) is 5.86. The fourth-order valence-electron chi connectivity index (χ4n) is 1.29. The summed E-state index contributed by atoms with van der Waals surface area (Å²) < 4.78 is 0. The molecule has 0 amide bonds. The van der Waals surface area contributed by atoms with Gasteiger partial charge in [0.05, 0.1) is 0 Å². The van der Waals surface area contributed by atoms with Gasteiger partial charge in [-0.1, -0.05) is 18.2 Å². The van der Waals surface area contributed by atoms with Crippen LogP contribution in [0.1, 0.15) is 11.7 Å². The molecule has 2 atom stereocenters. The van der Waals surface area contributed by atoms with Crippen molar-refractivity contribution in [2.75, 3.05) is 5.32 Å². The molecule has 0 spiro atoms. The molecule has 3 N–H and O–H groups in total. The van der Waals surface area contributed by atoms with E-state index in [4.69, 9.17) is 5.11 Å². The van der Waals surface area contributed by atoms with Crippen molar-refractivity contribution in [3.05, 3.63) is 29.8 Å². The molecule has 3 heteroatoms. The lowest BCUT2D eigenvalue weighted by Gasteiger charge is -2.06. The summed E-state index contributed by atoms with van der Waals surface area (Å²) in [5.74, 6) is 0. The summed E-state index contributed by atoms with van der Waals surface area (Å²) in [5.41, 5.74) is 1.58. The number of fused-ring (bicyclic) bond motifs is 1. The van der Waals surface area contributed by atoms with Gasteiger partial charge in [0, 0.05) is 11.3 Å². The Morgan fingerprint density at radius 3 is 2.64 bits per heavy atom. The quantitative estimate of drug-likeness (QED) is 0.505. The summed E-state index contributed by atoms with van der Waals surface area (Å²) in [7, 11) is 0. The highest BCUT2D eigenvalue weighted by atomic mass is 16.3. The van der Waals surface area contributed by atoms with Gasteiger partial charge >= 0.3 is 0 Å². The Balaban J connectivity index is 2.47. The first-order valence-electron chi connectivity index (χ1n) is 3.50. The second kappa shape index (κ2) is 2.22. The monoisotopic (exact) mass is 151 g/mol. The van der Waals surface area contributed by atoms with Gasteiger partial charge in [-0.15, -0.1) is 0 Å². The summed E-state index contributed by atoms with van der Waals surface area (Å²) in [6.07, 6.45) is -1.64. The molecule has 1 aromatic rings. The summed E-state index contributed by atoms with van der Waals surface area (Å²) in [6, 6.07) is 7.32. The number of hydrogen-bond acceptors (Lipinski definition) is 3. The number of rotatable bonds is 0. The van der Waals surface area contributed by atoms with Crippen molar-refractivity contribution in [1.29, 1.82) is 0 Å². The average molecular weight is 151 g/mol. The van der Waals surface area contributed by atoms with Crippen LogP contribution in [0.4, 0.5) is 5.69 Å². The van der Waals surface area contributed by atoms with Crippen molar-refractivity contribution < 1.29 is 10.2 Å². The topological polar surface area (TPSA) is 52.5 Å². The molecular formula is C8H9NO2. The van der Waals surface area contributed by atoms with Crippen LogP contribution in [0.5, 0.6) is 0 Å². The molecular weight excluding hydrogens is 142 g/mol. The Labute approximate surface area is 64.3 Å². The molecule has 3 nitrogen and oxygen atoms in total. The van der Waals surface area contributed by atoms with Gasteiger partial charge in [-0.05, 0) is 6.07 Å². The van der Waals surface area contributed by atoms with Crippen LogP contribution in [-0.2, 0) is 0 Å². The molecule has 1 aliphatic heterocycles. The molecule has 0 unspecified atom stereocenters. The molecule has 1 heterocycles. The standard InChI is InChI=1S/C8H9NO2/c10-7-5-3-1-2-4-6(5)9-8(7)11/h1-4,7-11H/t7-,8-/m1/s1. The lowest BCUT2D eigenvalue weighted by atomic mass is 10.1. The third-order valence-electron chi connectivity index (χ3n) is 1.88. The van der Waals surface area contributed by atoms with Crippen LogP contribution in [-0.4, -0.2) is 16.4 Å². The van der Waals surface area contributed by atoms with E-state index in [0.717, 1.165) is 11.3 Å². The number of nitrogens with one attached hydrogen (secondary N) is 1. The fraction of sp³-hybridized carbons (Fsp3) is 0.250. The number of aliphatic hydroxyl groups is 2. The maximum Gasteiger partial charge on any atom is 0.155 e. The summed E-state index contributed by atoms with van der Waals surface area (Å²) >= 11 is 0. The largest absolute Gasteiger partial charge is 0.384 e. The predicted molar refractivity (Wildman–Crippen MR) is 41.0 cm³/mol. The van der Waals surface area contributed by atoms with E-state index in [1.54, 1.807) is 6.07 Å². The highest BCUT2D eigenvalue weighted by Gasteiger charge is 2.27. The van der Waals surface area contributed by atoms with E-state index < -0.39 is 12.3 Å². The predicted octanol–water partition coefficient (Wildman–Crippen LogP) is 0.464. The smallest absolute Gasteiger partial charge is 0.155 e. The van der Waals surface area contributed by atoms with Crippen molar-refractivity contribution in [1.82, 2.24) is 0 Å². The van der Waals surface area contributed by atoms with Crippen LogP contribution in [0.2, 0.25) is 0 Å². The van der Waals surface area contributed by atoms with E-state index >= 15 is 0 Å². The molecule has 0 radical (unpaired) electrons. The zero-order valence-corrected chi connectivity index (χ0v) is 5.86. The highest BCUT2D eigenvalue weighted by molar-refractivity contribution is 5.57. The minimum absolute atomic E-state index is 0.764. The number of benzene rings is 1. The third-order valence-corrected chi connectivity index (χ3v) is 1.88. The number of anilines is 1. The Morgan fingerprint density at radius 1 is 1.18 bits per heavy atom. The minimum atomic E-state index is -0.854. The first-order chi connectivity index (χ1) is 5.29. The molecule has 1 aliphatic rings. The van der Waals surface area contributed by atoms with Crippen LogP contribution < -0.4 is 5.32 Å². The van der Waals surface area contributed by atoms with Crippen LogP contribution in [0.3, 0.4) is 0 Å². The summed E-state index contributed by atoms with van der Waals surface area (Å²) in [6.45, 7) is 0. The second-order valence-electron chi connectivity index (χ2n) is 2.62. The summed E-state index contributed by atoms with van der Waals surface area (Å²) in [5, 5.41) is 21.2. The van der Waals surface area contributed by atoms with Crippen molar-refractivity contribution in [3.8, 4) is 0 Å². The molecule has 0 aliphatic carbocycles. The number of para-hydroxylation sites is 1. The van der Waals surface area contributed by atoms with Crippen molar-refractivity contribution >= 4 is 5.69 Å². The molecule has 1 aromatic carbocycles. The summed E-state index contributed by atoms with van der Waals surface area (Å²) in [4.78, 5) is 0. The third kappa shape index (κ3) is 0.895. The van der Waals surface area contributed by atoms with Crippen LogP contribution in [0.25, 0.3) is 0 Å². The Morgan fingerprint density at radius 2 is 1.91 bits per heavy atom. The Bertz CT molecular complexity index is 275.